The van der Waals surface area contributed by atoms with Gasteiger partial charge in [-0.05, 0) is 25.0 Å². The highest BCUT2D eigenvalue weighted by Crippen LogP contribution is 2.22. The van der Waals surface area contributed by atoms with Gasteiger partial charge in [-0.2, -0.15) is 0 Å². The number of carbonyl (C=O) groups excluding carboxylic acids is 1. The first-order chi connectivity index (χ1) is 8.10. The Morgan fingerprint density at radius 1 is 1.35 bits per heavy atom. The van der Waals surface area contributed by atoms with Crippen molar-refractivity contribution in [2.75, 3.05) is 11.9 Å². The lowest BCUT2D eigenvalue weighted by atomic mass is 10.1. The third kappa shape index (κ3) is 3.21. The Labute approximate surface area is 99.4 Å². The normalized spacial score (nSPS) is 9.76. The molecule has 0 aromatic heterocycles. The summed E-state index contributed by atoms with van der Waals surface area (Å²) in [5, 5.41) is 11.5. The standard InChI is InChI=1S/C12H15NO4/c1-3-8-6-5-7-9(11(14)15)10(8)13-12(16)17-4-2/h5-7H,3-4H2,1-2H3,(H,13,16)(H,14,15). The summed E-state index contributed by atoms with van der Waals surface area (Å²) < 4.78 is 4.74. The van der Waals surface area contributed by atoms with Crippen molar-refractivity contribution < 1.29 is 19.4 Å². The maximum absolute atomic E-state index is 11.3. The largest absolute Gasteiger partial charge is 0.478 e. The van der Waals surface area contributed by atoms with Crippen molar-refractivity contribution in [2.45, 2.75) is 20.3 Å². The second-order valence-electron chi connectivity index (χ2n) is 3.34. The van der Waals surface area contributed by atoms with Gasteiger partial charge in [0.1, 0.15) is 0 Å². The Hall–Kier alpha value is -2.04. The van der Waals surface area contributed by atoms with Crippen molar-refractivity contribution in [3.63, 3.8) is 0 Å². The second kappa shape index (κ2) is 5.89. The lowest BCUT2D eigenvalue weighted by Crippen LogP contribution is -2.17. The number of aryl methyl sites for hydroxylation is 1. The molecule has 5 nitrogen and oxygen atoms in total. The van der Waals surface area contributed by atoms with Crippen LogP contribution in [-0.4, -0.2) is 23.8 Å². The number of hydrogen-bond donors (Lipinski definition) is 2. The highest BCUT2D eigenvalue weighted by Gasteiger charge is 2.15. The lowest BCUT2D eigenvalue weighted by molar-refractivity contribution is 0.0698. The van der Waals surface area contributed by atoms with E-state index in [4.69, 9.17) is 9.84 Å². The van der Waals surface area contributed by atoms with Crippen molar-refractivity contribution >= 4 is 17.7 Å². The molecule has 1 amide bonds. The number of para-hydroxylation sites is 1. The van der Waals surface area contributed by atoms with Crippen LogP contribution >= 0.6 is 0 Å². The van der Waals surface area contributed by atoms with Crippen molar-refractivity contribution in [3.8, 4) is 0 Å². The quantitative estimate of drug-likeness (QED) is 0.843. The first-order valence-electron chi connectivity index (χ1n) is 5.39. The van der Waals surface area contributed by atoms with Gasteiger partial charge in [-0.15, -0.1) is 0 Å². The van der Waals surface area contributed by atoms with Gasteiger partial charge < -0.3 is 9.84 Å². The van der Waals surface area contributed by atoms with Gasteiger partial charge in [0.05, 0.1) is 17.9 Å². The fourth-order valence-electron chi connectivity index (χ4n) is 1.49. The van der Waals surface area contributed by atoms with Gasteiger partial charge in [0.2, 0.25) is 0 Å². The van der Waals surface area contributed by atoms with Crippen LogP contribution in [0.3, 0.4) is 0 Å². The molecule has 0 saturated heterocycles. The molecule has 0 fully saturated rings. The molecule has 0 saturated carbocycles. The maximum atomic E-state index is 11.3. The summed E-state index contributed by atoms with van der Waals surface area (Å²) in [6.07, 6.45) is -0.0148. The summed E-state index contributed by atoms with van der Waals surface area (Å²) in [6.45, 7) is 3.81. The zero-order valence-electron chi connectivity index (χ0n) is 9.82. The van der Waals surface area contributed by atoms with Gasteiger partial charge >= 0.3 is 12.1 Å². The molecular weight excluding hydrogens is 222 g/mol. The molecule has 17 heavy (non-hydrogen) atoms. The molecule has 0 bridgehead atoms. The minimum Gasteiger partial charge on any atom is -0.478 e. The number of amides is 1. The second-order valence-corrected chi connectivity index (χ2v) is 3.34. The topological polar surface area (TPSA) is 75.6 Å². The van der Waals surface area contributed by atoms with Crippen LogP contribution in [-0.2, 0) is 11.2 Å². The minimum atomic E-state index is -1.08. The lowest BCUT2D eigenvalue weighted by Gasteiger charge is -2.12. The first-order valence-corrected chi connectivity index (χ1v) is 5.39. The molecule has 0 aliphatic rings. The molecular formula is C12H15NO4. The summed E-state index contributed by atoms with van der Waals surface area (Å²) in [4.78, 5) is 22.4. The van der Waals surface area contributed by atoms with E-state index >= 15 is 0 Å². The molecule has 0 aliphatic carbocycles. The molecule has 1 aromatic carbocycles. The van der Waals surface area contributed by atoms with E-state index in [1.807, 2.05) is 6.92 Å². The van der Waals surface area contributed by atoms with Crippen LogP contribution in [0.2, 0.25) is 0 Å². The van der Waals surface area contributed by atoms with Crippen LogP contribution in [0.1, 0.15) is 29.8 Å². The predicted molar refractivity (Wildman–Crippen MR) is 63.4 cm³/mol. The number of anilines is 1. The molecule has 1 rings (SSSR count). The van der Waals surface area contributed by atoms with Gasteiger partial charge in [0.15, 0.2) is 0 Å². The molecule has 0 heterocycles. The van der Waals surface area contributed by atoms with Crippen LogP contribution in [0.25, 0.3) is 0 Å². The zero-order chi connectivity index (χ0) is 12.8. The highest BCUT2D eigenvalue weighted by atomic mass is 16.5. The van der Waals surface area contributed by atoms with Crippen LogP contribution in [0.15, 0.2) is 18.2 Å². The summed E-state index contributed by atoms with van der Waals surface area (Å²) in [6, 6.07) is 4.87. The number of nitrogens with one attached hydrogen (secondary N) is 1. The Bertz CT molecular complexity index is 429. The number of carboxylic acid groups (broad SMARTS) is 1. The number of hydrogen-bond acceptors (Lipinski definition) is 3. The number of carboxylic acids is 1. The van der Waals surface area contributed by atoms with Crippen LogP contribution < -0.4 is 5.32 Å². The molecule has 92 valence electrons. The molecule has 2 N–H and O–H groups in total. The van der Waals surface area contributed by atoms with Gasteiger partial charge in [0, 0.05) is 0 Å². The number of aromatic carboxylic acids is 1. The molecule has 0 spiro atoms. The van der Waals surface area contributed by atoms with E-state index in [1.165, 1.54) is 6.07 Å². The van der Waals surface area contributed by atoms with E-state index in [2.05, 4.69) is 5.32 Å². The van der Waals surface area contributed by atoms with Gasteiger partial charge in [-0.1, -0.05) is 19.1 Å². The van der Waals surface area contributed by atoms with Gasteiger partial charge in [-0.25, -0.2) is 9.59 Å². The summed E-state index contributed by atoms with van der Waals surface area (Å²) in [5.74, 6) is -1.08. The average molecular weight is 237 g/mol. The van der Waals surface area contributed by atoms with Crippen molar-refractivity contribution in [1.82, 2.24) is 0 Å². The van der Waals surface area contributed by atoms with Gasteiger partial charge in [-0.3, -0.25) is 5.32 Å². The van der Waals surface area contributed by atoms with Crippen LogP contribution in [0.5, 0.6) is 0 Å². The molecule has 1 aromatic rings. The first kappa shape index (κ1) is 13.0. The monoisotopic (exact) mass is 237 g/mol. The van der Waals surface area contributed by atoms with E-state index in [9.17, 15) is 9.59 Å². The minimum absolute atomic E-state index is 0.0670. The average Bonchev–Trinajstić information content (AvgIpc) is 2.29. The fourth-order valence-corrected chi connectivity index (χ4v) is 1.49. The van der Waals surface area contributed by atoms with Crippen LogP contribution in [0.4, 0.5) is 10.5 Å². The molecule has 5 heteroatoms. The third-order valence-corrected chi connectivity index (χ3v) is 2.26. The summed E-state index contributed by atoms with van der Waals surface area (Å²) >= 11 is 0. The fraction of sp³-hybridized carbons (Fsp3) is 0.333. The highest BCUT2D eigenvalue weighted by molar-refractivity contribution is 5.99. The smallest absolute Gasteiger partial charge is 0.411 e. The Kier molecular flexibility index (Phi) is 4.51. The SMILES string of the molecule is CCOC(=O)Nc1c(CC)cccc1C(=O)O. The van der Waals surface area contributed by atoms with Crippen molar-refractivity contribution in [3.05, 3.63) is 29.3 Å². The number of carbonyl (C=O) groups is 2. The zero-order valence-corrected chi connectivity index (χ0v) is 9.82. The number of ether oxygens (including phenoxy) is 1. The molecule has 0 aliphatic heterocycles. The van der Waals surface area contributed by atoms with E-state index in [1.54, 1.807) is 19.1 Å². The van der Waals surface area contributed by atoms with E-state index < -0.39 is 12.1 Å². The summed E-state index contributed by atoms with van der Waals surface area (Å²) in [5.41, 5.74) is 1.14. The molecule has 0 unspecified atom stereocenters. The summed E-state index contributed by atoms with van der Waals surface area (Å²) in [7, 11) is 0. The molecule has 0 radical (unpaired) electrons. The number of benzene rings is 1. The van der Waals surface area contributed by atoms with Gasteiger partial charge in [0.25, 0.3) is 0 Å². The predicted octanol–water partition coefficient (Wildman–Crippen LogP) is 2.52. The Balaban J connectivity index is 3.09. The van der Waals surface area contributed by atoms with Crippen molar-refractivity contribution in [2.24, 2.45) is 0 Å². The van der Waals surface area contributed by atoms with Crippen LogP contribution in [0, 0.1) is 0 Å². The van der Waals surface area contributed by atoms with E-state index in [0.717, 1.165) is 5.56 Å². The number of rotatable bonds is 4. The third-order valence-electron chi connectivity index (χ3n) is 2.26. The molecule has 0 atom stereocenters. The van der Waals surface area contributed by atoms with E-state index in [0.29, 0.717) is 12.1 Å². The van der Waals surface area contributed by atoms with Crippen molar-refractivity contribution in [1.29, 1.82) is 0 Å². The van der Waals surface area contributed by atoms with E-state index in [-0.39, 0.29) is 12.2 Å². The Morgan fingerprint density at radius 2 is 2.06 bits per heavy atom. The Morgan fingerprint density at radius 3 is 2.59 bits per heavy atom. The maximum Gasteiger partial charge on any atom is 0.411 e.